The number of hydrogen-bond acceptors (Lipinski definition) is 4. The van der Waals surface area contributed by atoms with E-state index >= 15 is 0 Å². The van der Waals surface area contributed by atoms with Crippen LogP contribution in [-0.4, -0.2) is 41.7 Å². The summed E-state index contributed by atoms with van der Waals surface area (Å²) in [4.78, 5) is 7.00. The standard InChI is InChI=1S/C16H26N4O/c1-5-21-13-7-8-15-14(11-13)18-16(12(2)19(3)4)20(15)10-6-9-17/h7-8,11-12H,5-6,9-10,17H2,1-4H3. The van der Waals surface area contributed by atoms with Gasteiger partial charge < -0.3 is 15.0 Å². The van der Waals surface area contributed by atoms with E-state index in [4.69, 9.17) is 15.5 Å². The molecular formula is C16H26N4O. The third-order valence-electron chi connectivity index (χ3n) is 3.79. The van der Waals surface area contributed by atoms with Crippen molar-refractivity contribution in [2.24, 2.45) is 5.73 Å². The van der Waals surface area contributed by atoms with Crippen molar-refractivity contribution in [3.05, 3.63) is 24.0 Å². The number of rotatable bonds is 7. The average molecular weight is 290 g/mol. The molecule has 0 saturated heterocycles. The fourth-order valence-electron chi connectivity index (χ4n) is 2.42. The van der Waals surface area contributed by atoms with E-state index in [9.17, 15) is 0 Å². The lowest BCUT2D eigenvalue weighted by atomic mass is 10.2. The first kappa shape index (κ1) is 15.8. The Morgan fingerprint density at radius 3 is 2.76 bits per heavy atom. The highest BCUT2D eigenvalue weighted by Crippen LogP contribution is 2.26. The Morgan fingerprint density at radius 1 is 1.38 bits per heavy atom. The molecule has 21 heavy (non-hydrogen) atoms. The molecular weight excluding hydrogens is 264 g/mol. The van der Waals surface area contributed by atoms with Crippen molar-refractivity contribution in [1.29, 1.82) is 0 Å². The highest BCUT2D eigenvalue weighted by Gasteiger charge is 2.18. The molecule has 2 aromatic rings. The van der Waals surface area contributed by atoms with Crippen LogP contribution in [0.15, 0.2) is 18.2 Å². The van der Waals surface area contributed by atoms with Crippen LogP contribution in [0.3, 0.4) is 0 Å². The van der Waals surface area contributed by atoms with E-state index in [0.717, 1.165) is 35.6 Å². The topological polar surface area (TPSA) is 56.3 Å². The molecule has 0 saturated carbocycles. The molecule has 2 N–H and O–H groups in total. The Labute approximate surface area is 126 Å². The number of fused-ring (bicyclic) bond motifs is 1. The van der Waals surface area contributed by atoms with E-state index in [2.05, 4.69) is 36.6 Å². The molecule has 0 spiro atoms. The molecule has 5 nitrogen and oxygen atoms in total. The molecule has 0 bridgehead atoms. The van der Waals surface area contributed by atoms with Gasteiger partial charge in [0.25, 0.3) is 0 Å². The van der Waals surface area contributed by atoms with E-state index in [1.807, 2.05) is 19.1 Å². The Bertz CT molecular complexity index is 591. The lowest BCUT2D eigenvalue weighted by Crippen LogP contribution is -2.21. The van der Waals surface area contributed by atoms with Gasteiger partial charge in [0.15, 0.2) is 0 Å². The minimum atomic E-state index is 0.255. The second-order valence-electron chi connectivity index (χ2n) is 5.49. The van der Waals surface area contributed by atoms with E-state index in [1.54, 1.807) is 0 Å². The highest BCUT2D eigenvalue weighted by molar-refractivity contribution is 5.78. The van der Waals surface area contributed by atoms with Gasteiger partial charge in [-0.1, -0.05) is 0 Å². The number of hydrogen-bond donors (Lipinski definition) is 1. The molecule has 2 rings (SSSR count). The Hall–Kier alpha value is -1.59. The first-order valence-corrected chi connectivity index (χ1v) is 7.58. The summed E-state index contributed by atoms with van der Waals surface area (Å²) in [5.41, 5.74) is 7.81. The van der Waals surface area contributed by atoms with E-state index in [1.165, 1.54) is 0 Å². The minimum absolute atomic E-state index is 0.255. The van der Waals surface area contributed by atoms with E-state index in [0.29, 0.717) is 13.2 Å². The van der Waals surface area contributed by atoms with Gasteiger partial charge in [0.05, 0.1) is 23.7 Å². The first-order chi connectivity index (χ1) is 10.1. The van der Waals surface area contributed by atoms with Crippen LogP contribution in [0.25, 0.3) is 11.0 Å². The summed E-state index contributed by atoms with van der Waals surface area (Å²) in [5, 5.41) is 0. The smallest absolute Gasteiger partial charge is 0.126 e. The fourth-order valence-corrected chi connectivity index (χ4v) is 2.42. The average Bonchev–Trinajstić information content (AvgIpc) is 2.82. The molecule has 1 aromatic heterocycles. The van der Waals surface area contributed by atoms with E-state index < -0.39 is 0 Å². The largest absolute Gasteiger partial charge is 0.494 e. The molecule has 1 aromatic carbocycles. The molecule has 1 unspecified atom stereocenters. The third kappa shape index (κ3) is 3.36. The maximum Gasteiger partial charge on any atom is 0.126 e. The SMILES string of the molecule is CCOc1ccc2c(c1)nc(C(C)N(C)C)n2CCCN. The van der Waals surface area contributed by atoms with Crippen molar-refractivity contribution < 1.29 is 4.74 Å². The van der Waals surface area contributed by atoms with Gasteiger partial charge in [-0.2, -0.15) is 0 Å². The number of nitrogens with two attached hydrogens (primary N) is 1. The van der Waals surface area contributed by atoms with Crippen LogP contribution >= 0.6 is 0 Å². The lowest BCUT2D eigenvalue weighted by molar-refractivity contribution is 0.301. The second-order valence-corrected chi connectivity index (χ2v) is 5.49. The Kier molecular flexibility index (Phi) is 5.20. The maximum absolute atomic E-state index is 5.67. The van der Waals surface area contributed by atoms with Crippen molar-refractivity contribution in [2.45, 2.75) is 32.9 Å². The molecule has 0 aliphatic heterocycles. The number of aromatic nitrogens is 2. The number of benzene rings is 1. The highest BCUT2D eigenvalue weighted by atomic mass is 16.5. The fraction of sp³-hybridized carbons (Fsp3) is 0.562. The van der Waals surface area contributed by atoms with Crippen LogP contribution < -0.4 is 10.5 Å². The zero-order valence-electron chi connectivity index (χ0n) is 13.5. The number of imidazole rings is 1. The summed E-state index contributed by atoms with van der Waals surface area (Å²) in [6.07, 6.45) is 0.950. The van der Waals surface area contributed by atoms with Crippen molar-refractivity contribution in [1.82, 2.24) is 14.5 Å². The van der Waals surface area contributed by atoms with Gasteiger partial charge in [-0.05, 0) is 53.0 Å². The van der Waals surface area contributed by atoms with Crippen LogP contribution in [0.5, 0.6) is 5.75 Å². The normalized spacial score (nSPS) is 13.0. The van der Waals surface area contributed by atoms with Crippen LogP contribution in [0, 0.1) is 0 Å². The second kappa shape index (κ2) is 6.91. The molecule has 1 heterocycles. The molecule has 5 heteroatoms. The minimum Gasteiger partial charge on any atom is -0.494 e. The molecule has 1 atom stereocenters. The molecule has 116 valence electrons. The van der Waals surface area contributed by atoms with Crippen LogP contribution in [0.4, 0.5) is 0 Å². The predicted molar refractivity (Wildman–Crippen MR) is 86.7 cm³/mol. The summed E-state index contributed by atoms with van der Waals surface area (Å²) >= 11 is 0. The number of nitrogens with zero attached hydrogens (tertiary/aromatic N) is 3. The summed E-state index contributed by atoms with van der Waals surface area (Å²) < 4.78 is 7.85. The van der Waals surface area contributed by atoms with Gasteiger partial charge in [-0.3, -0.25) is 4.90 Å². The summed E-state index contributed by atoms with van der Waals surface area (Å²) in [6, 6.07) is 6.38. The molecule has 0 amide bonds. The van der Waals surface area contributed by atoms with Gasteiger partial charge in [0.1, 0.15) is 11.6 Å². The van der Waals surface area contributed by atoms with Crippen LogP contribution in [-0.2, 0) is 6.54 Å². The van der Waals surface area contributed by atoms with Crippen molar-refractivity contribution in [3.8, 4) is 5.75 Å². The zero-order chi connectivity index (χ0) is 15.4. The Morgan fingerprint density at radius 2 is 2.14 bits per heavy atom. The van der Waals surface area contributed by atoms with Crippen LogP contribution in [0.1, 0.15) is 32.1 Å². The monoisotopic (exact) mass is 290 g/mol. The maximum atomic E-state index is 5.67. The molecule has 0 aliphatic rings. The zero-order valence-corrected chi connectivity index (χ0v) is 13.5. The van der Waals surface area contributed by atoms with Crippen LogP contribution in [0.2, 0.25) is 0 Å². The molecule has 0 aliphatic carbocycles. The Balaban J connectivity index is 2.49. The van der Waals surface area contributed by atoms with Crippen molar-refractivity contribution >= 4 is 11.0 Å². The molecule has 0 radical (unpaired) electrons. The number of ether oxygens (including phenoxy) is 1. The summed E-state index contributed by atoms with van der Waals surface area (Å²) in [5.74, 6) is 1.95. The van der Waals surface area contributed by atoms with Gasteiger partial charge in [0, 0.05) is 12.6 Å². The quantitative estimate of drug-likeness (QED) is 0.851. The van der Waals surface area contributed by atoms with Gasteiger partial charge in [-0.25, -0.2) is 4.98 Å². The van der Waals surface area contributed by atoms with Gasteiger partial charge >= 0.3 is 0 Å². The predicted octanol–water partition coefficient (Wildman–Crippen LogP) is 2.41. The number of aryl methyl sites for hydroxylation is 1. The van der Waals surface area contributed by atoms with Gasteiger partial charge in [-0.15, -0.1) is 0 Å². The summed E-state index contributed by atoms with van der Waals surface area (Å²) in [6.45, 7) is 6.41. The van der Waals surface area contributed by atoms with Gasteiger partial charge in [0.2, 0.25) is 0 Å². The van der Waals surface area contributed by atoms with Crippen molar-refractivity contribution in [2.75, 3.05) is 27.2 Å². The first-order valence-electron chi connectivity index (χ1n) is 7.58. The molecule has 0 fully saturated rings. The lowest BCUT2D eigenvalue weighted by Gasteiger charge is -2.20. The summed E-state index contributed by atoms with van der Waals surface area (Å²) in [7, 11) is 4.14. The van der Waals surface area contributed by atoms with E-state index in [-0.39, 0.29) is 6.04 Å². The third-order valence-corrected chi connectivity index (χ3v) is 3.79. The van der Waals surface area contributed by atoms with Crippen molar-refractivity contribution in [3.63, 3.8) is 0 Å².